The fourth-order valence-corrected chi connectivity index (χ4v) is 1.05. The second-order valence-electron chi connectivity index (χ2n) is 3.86. The fraction of sp³-hybridized carbons (Fsp3) is 0.750. The number of rotatable bonds is 8. The fourth-order valence-electron chi connectivity index (χ4n) is 1.05. The molecule has 5 nitrogen and oxygen atoms in total. The molecule has 0 atom stereocenters. The number of carbonyl (C=O) groups is 2. The van der Waals surface area contributed by atoms with Gasteiger partial charge in [0, 0.05) is 34.0 Å². The second kappa shape index (κ2) is 37.1. The summed E-state index contributed by atoms with van der Waals surface area (Å²) < 4.78 is 0. The molecule has 0 aliphatic rings. The molecule has 4 N–H and O–H groups in total. The topological polar surface area (TPSA) is 96.0 Å². The molecule has 0 heterocycles. The van der Waals surface area contributed by atoms with Crippen molar-refractivity contribution < 1.29 is 30.7 Å². The average Bonchev–Trinajstić information content (AvgIpc) is 2.48. The van der Waals surface area contributed by atoms with Crippen molar-refractivity contribution >= 4 is 11.7 Å². The van der Waals surface area contributed by atoms with E-state index in [0.717, 1.165) is 45.2 Å². The van der Waals surface area contributed by atoms with Crippen LogP contribution in [0.15, 0.2) is 0 Å². The van der Waals surface area contributed by atoms with Crippen molar-refractivity contribution in [2.75, 3.05) is 20.1 Å². The van der Waals surface area contributed by atoms with Crippen LogP contribution in [0.4, 0.5) is 0 Å². The molecule has 0 radical (unpaired) electrons. The summed E-state index contributed by atoms with van der Waals surface area (Å²) in [6, 6.07) is 0. The third kappa shape index (κ3) is 60.3. The van der Waals surface area contributed by atoms with E-state index in [1.54, 1.807) is 0 Å². The smallest absolute Gasteiger partial charge is 0.219 e. The normalized spacial score (nSPS) is 7.59. The average molecular weight is 486 g/mol. The van der Waals surface area contributed by atoms with Crippen LogP contribution in [0, 0.1) is 13.8 Å². The van der Waals surface area contributed by atoms with E-state index in [9.17, 15) is 9.59 Å². The van der Waals surface area contributed by atoms with Gasteiger partial charge in [-0.3, -0.25) is 4.79 Å². The van der Waals surface area contributed by atoms with Gasteiger partial charge in [-0.15, -0.1) is 0 Å². The molecule has 0 bridgehead atoms. The molecular weight excluding hydrogens is 450 g/mol. The first-order valence-corrected chi connectivity index (χ1v) is 7.63. The first kappa shape index (κ1) is 33.3. The first-order valence-electron chi connectivity index (χ1n) is 7.63. The quantitative estimate of drug-likeness (QED) is 0.407. The van der Waals surface area contributed by atoms with E-state index in [1.165, 1.54) is 14.0 Å². The van der Waals surface area contributed by atoms with Gasteiger partial charge >= 0.3 is 0 Å². The number of nitrogens with one attached hydrogen (secondary N) is 2. The largest absolute Gasteiger partial charge is 0.680 e. The van der Waals surface area contributed by atoms with Crippen LogP contribution in [-0.4, -0.2) is 31.8 Å². The van der Waals surface area contributed by atoms with Crippen LogP contribution in [-0.2, 0) is 30.7 Å². The van der Waals surface area contributed by atoms with E-state index in [0.29, 0.717) is 6.42 Å². The van der Waals surface area contributed by atoms with Crippen LogP contribution >= 0.6 is 0 Å². The molecule has 1 amide bonds. The van der Waals surface area contributed by atoms with E-state index >= 15 is 0 Å². The molecule has 0 rings (SSSR count). The molecule has 136 valence electrons. The predicted molar refractivity (Wildman–Crippen MR) is 92.8 cm³/mol. The third-order valence-corrected chi connectivity index (χ3v) is 1.86. The minimum Gasteiger partial charge on any atom is -0.680 e. The van der Waals surface area contributed by atoms with Crippen molar-refractivity contribution in [3.8, 4) is 0 Å². The molecule has 0 aromatic rings. The zero-order chi connectivity index (χ0) is 17.5. The van der Waals surface area contributed by atoms with Crippen molar-refractivity contribution in [3.63, 3.8) is 0 Å². The van der Waals surface area contributed by atoms with Crippen LogP contribution in [0.2, 0.25) is 0 Å². The van der Waals surface area contributed by atoms with Crippen molar-refractivity contribution in [1.29, 1.82) is 0 Å². The summed E-state index contributed by atoms with van der Waals surface area (Å²) in [5, 5.41) is 2.85. The van der Waals surface area contributed by atoms with Crippen molar-refractivity contribution in [1.82, 2.24) is 5.32 Å². The minimum atomic E-state index is -0.0833. The predicted octanol–water partition coefficient (Wildman–Crippen LogP) is 3.34. The first-order chi connectivity index (χ1) is 10.0. The van der Waals surface area contributed by atoms with Crippen LogP contribution in [0.25, 0.3) is 5.73 Å². The summed E-state index contributed by atoms with van der Waals surface area (Å²) in [7, 11) is 1.25. The number of nitrogens with two attached hydrogens (primary N) is 1. The van der Waals surface area contributed by atoms with Gasteiger partial charge in [0.2, 0.25) is 5.91 Å². The summed E-state index contributed by atoms with van der Waals surface area (Å²) in [4.78, 5) is 20.5. The summed E-state index contributed by atoms with van der Waals surface area (Å²) >= 11 is 0. The second-order valence-corrected chi connectivity index (χ2v) is 3.86. The maximum atomic E-state index is 11.1. The Hall–Kier alpha value is -0.382. The van der Waals surface area contributed by atoms with Gasteiger partial charge in [0.15, 0.2) is 0 Å². The molecule has 0 fully saturated rings. The Morgan fingerprint density at radius 3 is 1.91 bits per heavy atom. The van der Waals surface area contributed by atoms with E-state index < -0.39 is 0 Å². The zero-order valence-corrected chi connectivity index (χ0v) is 17.8. The van der Waals surface area contributed by atoms with E-state index in [4.69, 9.17) is 11.5 Å². The summed E-state index contributed by atoms with van der Waals surface area (Å²) in [6.45, 7) is 13.6. The number of hydrogen-bond acceptors (Lipinski definition) is 3. The molecule has 0 aromatic heterocycles. The maximum absolute atomic E-state index is 11.1. The molecule has 0 aromatic carbocycles. The van der Waals surface area contributed by atoms with Crippen molar-refractivity contribution in [3.05, 3.63) is 19.6 Å². The van der Waals surface area contributed by atoms with Gasteiger partial charge in [-0.1, -0.05) is 26.7 Å². The standard InChI is InChI=1S/C10H21N2O.C3H5O.C2H6.CH4N.W/c1-2-3-9-12-10(13)7-5-4-6-8-11;1-3(2)4;2*1-2;/h1-9,11H2,(H,12,13);1H2,2H3;1-2H3;2H,1H3;/q2*-1;;-1;. The molecule has 0 aliphatic carbocycles. The minimum absolute atomic E-state index is 0. The molecule has 0 aliphatic heterocycles. The SMILES string of the molecule is CC.C[NH-].[CH2-]C(C)=O.[CH2-]CCCNC(=O)CCCCCN.[W]. The Bertz CT molecular complexity index is 200. The molecular formula is C16H36N3O2W-3. The van der Waals surface area contributed by atoms with Gasteiger partial charge in [-0.2, -0.15) is 13.5 Å². The Balaban J connectivity index is -0.0000000907. The molecule has 0 unspecified atom stereocenters. The Labute approximate surface area is 152 Å². The number of amides is 1. The van der Waals surface area contributed by atoms with Gasteiger partial charge in [-0.05, 0) is 32.1 Å². The van der Waals surface area contributed by atoms with Gasteiger partial charge in [0.25, 0.3) is 0 Å². The zero-order valence-electron chi connectivity index (χ0n) is 14.9. The van der Waals surface area contributed by atoms with Gasteiger partial charge < -0.3 is 35.4 Å². The number of carbonyl (C=O) groups excluding carboxylic acids is 2. The Morgan fingerprint density at radius 1 is 1.09 bits per heavy atom. The van der Waals surface area contributed by atoms with Gasteiger partial charge in [0.05, 0.1) is 0 Å². The summed E-state index contributed by atoms with van der Waals surface area (Å²) in [5.41, 5.74) is 11.1. The maximum Gasteiger partial charge on any atom is 0.219 e. The Morgan fingerprint density at radius 2 is 1.55 bits per heavy atom. The van der Waals surface area contributed by atoms with Crippen molar-refractivity contribution in [2.45, 2.75) is 59.3 Å². The van der Waals surface area contributed by atoms with Crippen LogP contribution in [0.1, 0.15) is 59.3 Å². The summed E-state index contributed by atoms with van der Waals surface area (Å²) in [5.74, 6) is 0.0745. The van der Waals surface area contributed by atoms with Crippen molar-refractivity contribution in [2.24, 2.45) is 5.73 Å². The molecule has 0 saturated heterocycles. The third-order valence-electron chi connectivity index (χ3n) is 1.86. The number of Topliss-reactive ketones (excluding diaryl/α,β-unsaturated/α-hetero) is 1. The monoisotopic (exact) mass is 486 g/mol. The van der Waals surface area contributed by atoms with Crippen LogP contribution in [0.3, 0.4) is 0 Å². The Kier molecular flexibility index (Phi) is 56.2. The van der Waals surface area contributed by atoms with Gasteiger partial charge in [0.1, 0.15) is 0 Å². The molecule has 22 heavy (non-hydrogen) atoms. The molecule has 6 heteroatoms. The number of unbranched alkanes of at least 4 members (excludes halogenated alkanes) is 3. The molecule has 0 saturated carbocycles. The summed E-state index contributed by atoms with van der Waals surface area (Å²) in [6.07, 6.45) is 5.51. The van der Waals surface area contributed by atoms with E-state index in [-0.39, 0.29) is 32.8 Å². The van der Waals surface area contributed by atoms with Crippen LogP contribution < -0.4 is 11.1 Å². The van der Waals surface area contributed by atoms with Gasteiger partial charge in [-0.25, -0.2) is 0 Å². The number of ketones is 1. The van der Waals surface area contributed by atoms with E-state index in [1.807, 2.05) is 13.8 Å². The van der Waals surface area contributed by atoms with Crippen LogP contribution in [0.5, 0.6) is 0 Å². The van der Waals surface area contributed by atoms with E-state index in [2.05, 4.69) is 19.2 Å². The molecule has 0 spiro atoms. The number of hydrogen-bond donors (Lipinski definition) is 2.